The van der Waals surface area contributed by atoms with E-state index in [0.717, 1.165) is 42.4 Å². The lowest BCUT2D eigenvalue weighted by molar-refractivity contribution is -0.144. The molecule has 1 aliphatic carbocycles. The van der Waals surface area contributed by atoms with E-state index in [2.05, 4.69) is 12.1 Å². The molecule has 1 aliphatic heterocycles. The van der Waals surface area contributed by atoms with Crippen molar-refractivity contribution in [3.05, 3.63) is 60.2 Å². The third-order valence-electron chi connectivity index (χ3n) is 6.71. The molecule has 1 saturated heterocycles. The number of hydrogen-bond acceptors (Lipinski definition) is 3. The maximum Gasteiger partial charge on any atom is 0.230 e. The van der Waals surface area contributed by atoms with E-state index in [4.69, 9.17) is 0 Å². The van der Waals surface area contributed by atoms with Crippen molar-refractivity contribution < 1.29 is 14.4 Å². The van der Waals surface area contributed by atoms with Gasteiger partial charge in [0.2, 0.25) is 11.8 Å². The zero-order valence-corrected chi connectivity index (χ0v) is 18.7. The summed E-state index contributed by atoms with van der Waals surface area (Å²) in [5, 5.41) is 0. The molecule has 2 fully saturated rings. The van der Waals surface area contributed by atoms with Crippen molar-refractivity contribution in [2.45, 2.75) is 44.9 Å². The van der Waals surface area contributed by atoms with Crippen LogP contribution in [0.15, 0.2) is 54.6 Å². The van der Waals surface area contributed by atoms with Crippen molar-refractivity contribution in [1.29, 1.82) is 0 Å². The summed E-state index contributed by atoms with van der Waals surface area (Å²) in [4.78, 5) is 41.4. The summed E-state index contributed by atoms with van der Waals surface area (Å²) in [6.45, 7) is 2.21. The second-order valence-electron chi connectivity index (χ2n) is 9.00. The third-order valence-corrected chi connectivity index (χ3v) is 6.71. The summed E-state index contributed by atoms with van der Waals surface area (Å²) in [6, 6.07) is 18.1. The molecule has 2 amide bonds. The fraction of sp³-hybridized carbons (Fsp3) is 0.444. The summed E-state index contributed by atoms with van der Waals surface area (Å²) >= 11 is 0. The Bertz CT molecular complexity index is 925. The van der Waals surface area contributed by atoms with Gasteiger partial charge in [0, 0.05) is 38.5 Å². The molecule has 0 aromatic heterocycles. The molecule has 4 rings (SSSR count). The maximum absolute atomic E-state index is 12.7. The molecule has 2 aromatic rings. The molecule has 168 valence electrons. The van der Waals surface area contributed by atoms with Crippen molar-refractivity contribution >= 4 is 17.6 Å². The lowest BCUT2D eigenvalue weighted by Gasteiger charge is -2.37. The minimum absolute atomic E-state index is 0.0665. The Morgan fingerprint density at radius 2 is 1.31 bits per heavy atom. The van der Waals surface area contributed by atoms with E-state index in [1.807, 2.05) is 47.4 Å². The SMILES string of the molecule is O=C(CC(=O)N1CCN(C(=O)C2CCCCC2)CC1)Cc1ccc(-c2ccccc2)cc1. The quantitative estimate of drug-likeness (QED) is 0.646. The number of carbonyl (C=O) groups is 3. The van der Waals surface area contributed by atoms with Crippen molar-refractivity contribution in [1.82, 2.24) is 9.80 Å². The van der Waals surface area contributed by atoms with Crippen LogP contribution in [0.5, 0.6) is 0 Å². The van der Waals surface area contributed by atoms with Gasteiger partial charge in [-0.15, -0.1) is 0 Å². The highest BCUT2D eigenvalue weighted by molar-refractivity contribution is 5.99. The first kappa shape index (κ1) is 22.3. The normalized spacial score (nSPS) is 17.2. The average molecular weight is 433 g/mol. The summed E-state index contributed by atoms with van der Waals surface area (Å²) in [6.07, 6.45) is 5.71. The number of carbonyl (C=O) groups excluding carboxylic acids is 3. The molecule has 32 heavy (non-hydrogen) atoms. The molecule has 5 nitrogen and oxygen atoms in total. The van der Waals surface area contributed by atoms with Gasteiger partial charge in [-0.1, -0.05) is 73.9 Å². The molecule has 0 N–H and O–H groups in total. The molecule has 1 saturated carbocycles. The van der Waals surface area contributed by atoms with Gasteiger partial charge in [0.05, 0.1) is 6.42 Å². The van der Waals surface area contributed by atoms with E-state index < -0.39 is 0 Å². The first-order chi connectivity index (χ1) is 15.6. The van der Waals surface area contributed by atoms with E-state index in [0.29, 0.717) is 26.2 Å². The third kappa shape index (κ3) is 5.64. The van der Waals surface area contributed by atoms with Crippen LogP contribution in [-0.2, 0) is 20.8 Å². The van der Waals surface area contributed by atoms with Crippen LogP contribution in [0.1, 0.15) is 44.1 Å². The van der Waals surface area contributed by atoms with Gasteiger partial charge in [-0.05, 0) is 29.5 Å². The standard InChI is InChI=1S/C27H32N2O3/c30-25(19-21-11-13-23(14-12-21)22-7-3-1-4-8-22)20-26(31)28-15-17-29(18-16-28)27(32)24-9-5-2-6-10-24/h1,3-4,7-8,11-14,24H,2,5-6,9-10,15-20H2. The molecule has 0 bridgehead atoms. The first-order valence-electron chi connectivity index (χ1n) is 11.8. The number of piperazine rings is 1. The summed E-state index contributed by atoms with van der Waals surface area (Å²) in [5.74, 6) is 0.233. The van der Waals surface area contributed by atoms with Crippen LogP contribution in [0.2, 0.25) is 0 Å². The summed E-state index contributed by atoms with van der Waals surface area (Å²) in [7, 11) is 0. The first-order valence-corrected chi connectivity index (χ1v) is 11.8. The highest BCUT2D eigenvalue weighted by Gasteiger charge is 2.30. The number of Topliss-reactive ketones (excluding diaryl/α,β-unsaturated/α-hetero) is 1. The summed E-state index contributed by atoms with van der Waals surface area (Å²) < 4.78 is 0. The minimum atomic E-state index is -0.124. The predicted molar refractivity (Wildman–Crippen MR) is 125 cm³/mol. The zero-order valence-electron chi connectivity index (χ0n) is 18.7. The van der Waals surface area contributed by atoms with Crippen LogP contribution in [0.4, 0.5) is 0 Å². The van der Waals surface area contributed by atoms with Gasteiger partial charge in [-0.25, -0.2) is 0 Å². The Kier molecular flexibility index (Phi) is 7.35. The van der Waals surface area contributed by atoms with Crippen LogP contribution in [-0.4, -0.2) is 53.6 Å². The van der Waals surface area contributed by atoms with E-state index in [1.54, 1.807) is 4.90 Å². The highest BCUT2D eigenvalue weighted by Crippen LogP contribution is 2.26. The smallest absolute Gasteiger partial charge is 0.230 e. The second kappa shape index (κ2) is 10.6. The number of amides is 2. The summed E-state index contributed by atoms with van der Waals surface area (Å²) in [5.41, 5.74) is 3.17. The van der Waals surface area contributed by atoms with Crippen LogP contribution in [0.25, 0.3) is 11.1 Å². The Balaban J connectivity index is 1.23. The van der Waals surface area contributed by atoms with E-state index in [1.165, 1.54) is 6.42 Å². The molecular formula is C27H32N2O3. The fourth-order valence-electron chi connectivity index (χ4n) is 4.80. The molecule has 0 spiro atoms. The van der Waals surface area contributed by atoms with Gasteiger partial charge in [-0.3, -0.25) is 14.4 Å². The molecule has 0 unspecified atom stereocenters. The molecule has 1 heterocycles. The molecule has 2 aliphatic rings. The molecule has 0 radical (unpaired) electrons. The number of rotatable bonds is 6. The average Bonchev–Trinajstić information content (AvgIpc) is 2.85. The van der Waals surface area contributed by atoms with E-state index in [-0.39, 0.29) is 36.4 Å². The number of hydrogen-bond donors (Lipinski definition) is 0. The minimum Gasteiger partial charge on any atom is -0.339 e. The molecule has 5 heteroatoms. The van der Waals surface area contributed by atoms with Crippen LogP contribution in [0.3, 0.4) is 0 Å². The Hall–Kier alpha value is -2.95. The van der Waals surface area contributed by atoms with Gasteiger partial charge in [0.1, 0.15) is 5.78 Å². The van der Waals surface area contributed by atoms with Gasteiger partial charge >= 0.3 is 0 Å². The fourth-order valence-corrected chi connectivity index (χ4v) is 4.80. The van der Waals surface area contributed by atoms with Gasteiger partial charge in [-0.2, -0.15) is 0 Å². The van der Waals surface area contributed by atoms with Crippen molar-refractivity contribution in [3.8, 4) is 11.1 Å². The molecule has 0 atom stereocenters. The Morgan fingerprint density at radius 3 is 1.97 bits per heavy atom. The highest BCUT2D eigenvalue weighted by atomic mass is 16.2. The second-order valence-corrected chi connectivity index (χ2v) is 9.00. The Labute approximate surface area is 190 Å². The topological polar surface area (TPSA) is 57.7 Å². The maximum atomic E-state index is 12.7. The monoisotopic (exact) mass is 432 g/mol. The van der Waals surface area contributed by atoms with Gasteiger partial charge < -0.3 is 9.80 Å². The Morgan fingerprint density at radius 1 is 0.719 bits per heavy atom. The lowest BCUT2D eigenvalue weighted by atomic mass is 9.88. The van der Waals surface area contributed by atoms with Crippen LogP contribution in [0, 0.1) is 5.92 Å². The van der Waals surface area contributed by atoms with Crippen LogP contribution < -0.4 is 0 Å². The van der Waals surface area contributed by atoms with E-state index in [9.17, 15) is 14.4 Å². The molecule has 2 aromatic carbocycles. The zero-order chi connectivity index (χ0) is 22.3. The van der Waals surface area contributed by atoms with Crippen LogP contribution >= 0.6 is 0 Å². The number of benzene rings is 2. The molecular weight excluding hydrogens is 400 g/mol. The predicted octanol–water partition coefficient (Wildman–Crippen LogP) is 4.11. The number of ketones is 1. The van der Waals surface area contributed by atoms with Gasteiger partial charge in [0.25, 0.3) is 0 Å². The van der Waals surface area contributed by atoms with E-state index >= 15 is 0 Å². The number of nitrogens with zero attached hydrogens (tertiary/aromatic N) is 2. The lowest BCUT2D eigenvalue weighted by Crippen LogP contribution is -2.52. The largest absolute Gasteiger partial charge is 0.339 e. The van der Waals surface area contributed by atoms with Gasteiger partial charge in [0.15, 0.2) is 0 Å². The van der Waals surface area contributed by atoms with Crippen molar-refractivity contribution in [3.63, 3.8) is 0 Å². The van der Waals surface area contributed by atoms with Crippen molar-refractivity contribution in [2.24, 2.45) is 5.92 Å². The van der Waals surface area contributed by atoms with Crippen molar-refractivity contribution in [2.75, 3.05) is 26.2 Å².